The van der Waals surface area contributed by atoms with Gasteiger partial charge >= 0.3 is 0 Å². The minimum atomic E-state index is -0.0170. The van der Waals surface area contributed by atoms with E-state index in [1.807, 2.05) is 12.4 Å². The Morgan fingerprint density at radius 1 is 1.50 bits per heavy atom. The number of nitrogens with zero attached hydrogens (tertiary/aromatic N) is 1. The standard InChI is InChI=1S/C11H15BrN2/c1-10(2,11(13)4-5-11)8-3-6-14-7-9(8)12/h3,6-7H,4-5,13H2,1-2H3. The monoisotopic (exact) mass is 254 g/mol. The van der Waals surface area contributed by atoms with Crippen molar-refractivity contribution in [1.82, 2.24) is 4.98 Å². The van der Waals surface area contributed by atoms with E-state index in [2.05, 4.69) is 40.8 Å². The summed E-state index contributed by atoms with van der Waals surface area (Å²) in [5.41, 5.74) is 7.55. The molecule has 1 saturated carbocycles. The maximum absolute atomic E-state index is 6.28. The normalized spacial score (nSPS) is 19.4. The van der Waals surface area contributed by atoms with Gasteiger partial charge in [0.2, 0.25) is 0 Å². The van der Waals surface area contributed by atoms with Gasteiger partial charge in [-0.2, -0.15) is 0 Å². The van der Waals surface area contributed by atoms with Crippen LogP contribution < -0.4 is 5.73 Å². The summed E-state index contributed by atoms with van der Waals surface area (Å²) < 4.78 is 1.06. The van der Waals surface area contributed by atoms with Crippen molar-refractivity contribution in [3.05, 3.63) is 28.5 Å². The van der Waals surface area contributed by atoms with Crippen molar-refractivity contribution in [3.8, 4) is 0 Å². The molecule has 0 radical (unpaired) electrons. The lowest BCUT2D eigenvalue weighted by Gasteiger charge is -2.33. The number of rotatable bonds is 2. The summed E-state index contributed by atoms with van der Waals surface area (Å²) in [5, 5.41) is 0. The molecule has 76 valence electrons. The van der Waals surface area contributed by atoms with Gasteiger partial charge in [-0.15, -0.1) is 0 Å². The average Bonchev–Trinajstić information content (AvgIpc) is 2.86. The van der Waals surface area contributed by atoms with E-state index in [9.17, 15) is 0 Å². The third-order valence-corrected chi connectivity index (χ3v) is 4.11. The third kappa shape index (κ3) is 1.39. The van der Waals surface area contributed by atoms with Crippen LogP contribution in [0, 0.1) is 0 Å². The molecule has 1 aliphatic carbocycles. The van der Waals surface area contributed by atoms with Gasteiger partial charge in [0.1, 0.15) is 0 Å². The van der Waals surface area contributed by atoms with Crippen LogP contribution in [-0.2, 0) is 5.41 Å². The molecule has 0 amide bonds. The summed E-state index contributed by atoms with van der Waals surface area (Å²) in [6.45, 7) is 4.42. The van der Waals surface area contributed by atoms with E-state index in [1.54, 1.807) is 0 Å². The highest BCUT2D eigenvalue weighted by atomic mass is 79.9. The minimum absolute atomic E-state index is 0.0170. The highest BCUT2D eigenvalue weighted by molar-refractivity contribution is 9.10. The van der Waals surface area contributed by atoms with Crippen LogP contribution in [0.1, 0.15) is 32.3 Å². The molecule has 1 aromatic heterocycles. The van der Waals surface area contributed by atoms with Crippen molar-refractivity contribution in [2.75, 3.05) is 0 Å². The topological polar surface area (TPSA) is 38.9 Å². The fraction of sp³-hybridized carbons (Fsp3) is 0.545. The van der Waals surface area contributed by atoms with Crippen LogP contribution in [0.15, 0.2) is 22.9 Å². The molecule has 14 heavy (non-hydrogen) atoms. The quantitative estimate of drug-likeness (QED) is 0.882. The number of halogens is 1. The van der Waals surface area contributed by atoms with Crippen LogP contribution in [0.2, 0.25) is 0 Å². The Bertz CT molecular complexity index is 356. The lowest BCUT2D eigenvalue weighted by atomic mass is 9.76. The summed E-state index contributed by atoms with van der Waals surface area (Å²) in [6, 6.07) is 2.05. The summed E-state index contributed by atoms with van der Waals surface area (Å²) in [5.74, 6) is 0. The molecule has 0 aliphatic heterocycles. The van der Waals surface area contributed by atoms with E-state index in [0.29, 0.717) is 0 Å². The molecule has 1 aliphatic rings. The van der Waals surface area contributed by atoms with Gasteiger partial charge in [-0.3, -0.25) is 4.98 Å². The van der Waals surface area contributed by atoms with Gasteiger partial charge in [-0.05, 0) is 40.4 Å². The molecular formula is C11H15BrN2. The second-order valence-electron chi connectivity index (χ2n) is 4.64. The van der Waals surface area contributed by atoms with Gasteiger partial charge < -0.3 is 5.73 Å². The first-order valence-electron chi connectivity index (χ1n) is 4.86. The van der Waals surface area contributed by atoms with Crippen LogP contribution in [0.3, 0.4) is 0 Å². The zero-order valence-corrected chi connectivity index (χ0v) is 10.1. The van der Waals surface area contributed by atoms with Crippen LogP contribution in [0.5, 0.6) is 0 Å². The largest absolute Gasteiger partial charge is 0.324 e. The van der Waals surface area contributed by atoms with Crippen molar-refractivity contribution in [2.24, 2.45) is 5.73 Å². The Labute approximate surface area is 93.0 Å². The average molecular weight is 255 g/mol. The fourth-order valence-electron chi connectivity index (χ4n) is 1.91. The molecule has 0 saturated heterocycles. The smallest absolute Gasteiger partial charge is 0.0413 e. The molecule has 2 N–H and O–H groups in total. The molecule has 2 rings (SSSR count). The molecule has 0 spiro atoms. The zero-order valence-electron chi connectivity index (χ0n) is 8.55. The van der Waals surface area contributed by atoms with E-state index < -0.39 is 0 Å². The van der Waals surface area contributed by atoms with E-state index in [0.717, 1.165) is 17.3 Å². The first-order valence-corrected chi connectivity index (χ1v) is 5.65. The van der Waals surface area contributed by atoms with E-state index in [-0.39, 0.29) is 11.0 Å². The first-order chi connectivity index (χ1) is 6.47. The second kappa shape index (κ2) is 3.04. The Hall–Kier alpha value is -0.410. The van der Waals surface area contributed by atoms with Crippen molar-refractivity contribution >= 4 is 15.9 Å². The van der Waals surface area contributed by atoms with Crippen LogP contribution in [0.25, 0.3) is 0 Å². The molecule has 2 nitrogen and oxygen atoms in total. The van der Waals surface area contributed by atoms with Gasteiger partial charge in [0, 0.05) is 27.8 Å². The molecule has 3 heteroatoms. The number of hydrogen-bond donors (Lipinski definition) is 1. The number of hydrogen-bond acceptors (Lipinski definition) is 2. The molecule has 1 fully saturated rings. The van der Waals surface area contributed by atoms with Crippen molar-refractivity contribution < 1.29 is 0 Å². The predicted molar refractivity (Wildman–Crippen MR) is 61.1 cm³/mol. The molecule has 0 bridgehead atoms. The Morgan fingerprint density at radius 3 is 2.64 bits per heavy atom. The van der Waals surface area contributed by atoms with Crippen LogP contribution in [-0.4, -0.2) is 10.5 Å². The van der Waals surface area contributed by atoms with Gasteiger partial charge in [0.15, 0.2) is 0 Å². The maximum atomic E-state index is 6.28. The predicted octanol–water partition coefficient (Wildman–Crippen LogP) is 2.61. The van der Waals surface area contributed by atoms with Crippen molar-refractivity contribution in [2.45, 2.75) is 37.6 Å². The Balaban J connectivity index is 2.44. The highest BCUT2D eigenvalue weighted by Gasteiger charge is 2.52. The van der Waals surface area contributed by atoms with E-state index in [1.165, 1.54) is 5.56 Å². The summed E-state index contributed by atoms with van der Waals surface area (Å²) in [4.78, 5) is 4.07. The fourth-order valence-corrected chi connectivity index (χ4v) is 2.66. The zero-order chi connectivity index (χ0) is 10.4. The van der Waals surface area contributed by atoms with Gasteiger partial charge in [0.05, 0.1) is 0 Å². The molecule has 0 aromatic carbocycles. The molecule has 1 aromatic rings. The van der Waals surface area contributed by atoms with Gasteiger partial charge in [0.25, 0.3) is 0 Å². The maximum Gasteiger partial charge on any atom is 0.0413 e. The Kier molecular flexibility index (Phi) is 2.20. The second-order valence-corrected chi connectivity index (χ2v) is 5.49. The summed E-state index contributed by atoms with van der Waals surface area (Å²) in [7, 11) is 0. The van der Waals surface area contributed by atoms with E-state index in [4.69, 9.17) is 5.73 Å². The lowest BCUT2D eigenvalue weighted by Crippen LogP contribution is -2.43. The van der Waals surface area contributed by atoms with Crippen molar-refractivity contribution in [1.29, 1.82) is 0 Å². The Morgan fingerprint density at radius 2 is 2.14 bits per heavy atom. The lowest BCUT2D eigenvalue weighted by molar-refractivity contribution is 0.389. The van der Waals surface area contributed by atoms with Crippen LogP contribution in [0.4, 0.5) is 0 Å². The molecular weight excluding hydrogens is 240 g/mol. The number of aromatic nitrogens is 1. The van der Waals surface area contributed by atoms with Gasteiger partial charge in [-0.1, -0.05) is 13.8 Å². The minimum Gasteiger partial charge on any atom is -0.324 e. The summed E-state index contributed by atoms with van der Waals surface area (Å²) in [6.07, 6.45) is 5.90. The highest BCUT2D eigenvalue weighted by Crippen LogP contribution is 2.50. The third-order valence-electron chi connectivity index (χ3n) is 3.48. The summed E-state index contributed by atoms with van der Waals surface area (Å²) >= 11 is 3.53. The number of pyridine rings is 1. The number of nitrogens with two attached hydrogens (primary N) is 1. The van der Waals surface area contributed by atoms with Crippen molar-refractivity contribution in [3.63, 3.8) is 0 Å². The molecule has 0 unspecified atom stereocenters. The van der Waals surface area contributed by atoms with Crippen LogP contribution >= 0.6 is 15.9 Å². The van der Waals surface area contributed by atoms with Gasteiger partial charge in [-0.25, -0.2) is 0 Å². The first kappa shape index (κ1) is 10.1. The molecule has 0 atom stereocenters. The molecule has 1 heterocycles. The SMILES string of the molecule is CC(C)(c1ccncc1Br)C1(N)CC1. The van der Waals surface area contributed by atoms with E-state index >= 15 is 0 Å².